The van der Waals surface area contributed by atoms with Gasteiger partial charge in [-0.3, -0.25) is 9.63 Å². The fraction of sp³-hybridized carbons (Fsp3) is 0.333. The summed E-state index contributed by atoms with van der Waals surface area (Å²) in [7, 11) is 0. The van der Waals surface area contributed by atoms with Crippen LogP contribution in [0.1, 0.15) is 24.2 Å². The zero-order valence-corrected chi connectivity index (χ0v) is 9.76. The number of rotatable bonds is 3. The average molecular weight is 249 g/mol. The van der Waals surface area contributed by atoms with Crippen molar-refractivity contribution in [3.63, 3.8) is 0 Å². The van der Waals surface area contributed by atoms with E-state index < -0.39 is 5.91 Å². The number of aromatic nitrogens is 1. The van der Waals surface area contributed by atoms with E-state index in [1.54, 1.807) is 13.8 Å². The minimum atomic E-state index is -0.408. The Labute approximate surface area is 97.5 Å². The molecule has 15 heavy (non-hydrogen) atoms. The molecule has 0 spiro atoms. The topological polar surface area (TPSA) is 51.2 Å². The van der Waals surface area contributed by atoms with Gasteiger partial charge >= 0.3 is 0 Å². The monoisotopic (exact) mass is 248 g/mol. The molecule has 6 heteroatoms. The van der Waals surface area contributed by atoms with Crippen LogP contribution in [0.2, 0.25) is 10.2 Å². The van der Waals surface area contributed by atoms with Crippen molar-refractivity contribution < 1.29 is 9.63 Å². The summed E-state index contributed by atoms with van der Waals surface area (Å²) in [5.41, 5.74) is 2.56. The van der Waals surface area contributed by atoms with E-state index in [4.69, 9.17) is 28.0 Å². The molecule has 0 aliphatic heterocycles. The predicted octanol–water partition coefficient (Wildman–Crippen LogP) is 2.46. The van der Waals surface area contributed by atoms with Gasteiger partial charge in [-0.15, -0.1) is 0 Å². The van der Waals surface area contributed by atoms with Gasteiger partial charge in [-0.05, 0) is 19.9 Å². The molecule has 4 nitrogen and oxygen atoms in total. The van der Waals surface area contributed by atoms with Crippen LogP contribution in [0.15, 0.2) is 12.3 Å². The van der Waals surface area contributed by atoms with Gasteiger partial charge in [-0.2, -0.15) is 0 Å². The molecule has 1 rings (SSSR count). The first-order valence-corrected chi connectivity index (χ1v) is 5.03. The molecule has 0 unspecified atom stereocenters. The summed E-state index contributed by atoms with van der Waals surface area (Å²) in [6.07, 6.45) is 1.23. The minimum absolute atomic E-state index is 0.0929. The summed E-state index contributed by atoms with van der Waals surface area (Å²) < 4.78 is 0. The van der Waals surface area contributed by atoms with Crippen LogP contribution in [0, 0.1) is 0 Å². The molecule has 0 radical (unpaired) electrons. The van der Waals surface area contributed by atoms with Crippen LogP contribution in [0.3, 0.4) is 0 Å². The van der Waals surface area contributed by atoms with E-state index >= 15 is 0 Å². The lowest BCUT2D eigenvalue weighted by molar-refractivity contribution is 0.000166. The smallest absolute Gasteiger partial charge is 0.271 e. The number of amides is 1. The maximum atomic E-state index is 11.4. The SMILES string of the molecule is CC(C)ONC(=O)c1cnc(Cl)c(Cl)c1. The molecule has 1 heterocycles. The summed E-state index contributed by atoms with van der Waals surface area (Å²) in [6, 6.07) is 1.43. The number of nitrogens with one attached hydrogen (secondary N) is 1. The van der Waals surface area contributed by atoms with Crippen molar-refractivity contribution in [1.29, 1.82) is 0 Å². The number of pyridine rings is 1. The van der Waals surface area contributed by atoms with Crippen molar-refractivity contribution in [1.82, 2.24) is 10.5 Å². The van der Waals surface area contributed by atoms with E-state index in [0.717, 1.165) is 0 Å². The molecule has 0 aliphatic carbocycles. The van der Waals surface area contributed by atoms with Crippen LogP contribution < -0.4 is 5.48 Å². The molecule has 1 N–H and O–H groups in total. The number of carbonyl (C=O) groups is 1. The fourth-order valence-electron chi connectivity index (χ4n) is 0.776. The Morgan fingerprint density at radius 3 is 2.73 bits per heavy atom. The molecule has 0 saturated heterocycles. The lowest BCUT2D eigenvalue weighted by Gasteiger charge is -2.08. The van der Waals surface area contributed by atoms with Crippen molar-refractivity contribution >= 4 is 29.1 Å². The van der Waals surface area contributed by atoms with Gasteiger partial charge in [-0.25, -0.2) is 10.5 Å². The van der Waals surface area contributed by atoms with E-state index in [1.807, 2.05) is 0 Å². The molecule has 1 aromatic heterocycles. The molecule has 1 amide bonds. The Balaban J connectivity index is 2.70. The summed E-state index contributed by atoms with van der Waals surface area (Å²) in [6.45, 7) is 3.60. The second-order valence-electron chi connectivity index (χ2n) is 3.09. The Morgan fingerprint density at radius 2 is 2.20 bits per heavy atom. The van der Waals surface area contributed by atoms with Crippen LogP contribution in [0.5, 0.6) is 0 Å². The first-order valence-electron chi connectivity index (χ1n) is 4.27. The van der Waals surface area contributed by atoms with Crippen molar-refractivity contribution in [2.75, 3.05) is 0 Å². The number of hydrogen-bond acceptors (Lipinski definition) is 3. The van der Waals surface area contributed by atoms with E-state index in [2.05, 4.69) is 10.5 Å². The maximum Gasteiger partial charge on any atom is 0.276 e. The molecule has 1 aromatic rings. The standard InChI is InChI=1S/C9H10Cl2N2O2/c1-5(2)15-13-9(14)6-3-7(10)8(11)12-4-6/h3-5H,1-2H3,(H,13,14). The number of nitrogens with zero attached hydrogens (tertiary/aromatic N) is 1. The van der Waals surface area contributed by atoms with Gasteiger partial charge in [0.1, 0.15) is 5.15 Å². The highest BCUT2D eigenvalue weighted by atomic mass is 35.5. The third kappa shape index (κ3) is 3.66. The molecule has 0 atom stereocenters. The number of carbonyl (C=O) groups excluding carboxylic acids is 1. The van der Waals surface area contributed by atoms with Crippen LogP contribution >= 0.6 is 23.2 Å². The number of hydroxylamine groups is 1. The Hall–Kier alpha value is -0.840. The predicted molar refractivity (Wildman–Crippen MR) is 57.9 cm³/mol. The Morgan fingerprint density at radius 1 is 1.53 bits per heavy atom. The summed E-state index contributed by atoms with van der Waals surface area (Å²) in [5.74, 6) is -0.408. The van der Waals surface area contributed by atoms with Gasteiger partial charge in [0.2, 0.25) is 0 Å². The molecule has 0 aromatic carbocycles. The zero-order chi connectivity index (χ0) is 11.4. The lowest BCUT2D eigenvalue weighted by Crippen LogP contribution is -2.27. The second-order valence-corrected chi connectivity index (χ2v) is 3.86. The summed E-state index contributed by atoms with van der Waals surface area (Å²) in [4.78, 5) is 20.1. The number of hydrogen-bond donors (Lipinski definition) is 1. The molecule has 82 valence electrons. The highest BCUT2D eigenvalue weighted by Gasteiger charge is 2.09. The van der Waals surface area contributed by atoms with Crippen LogP contribution in [0.25, 0.3) is 0 Å². The van der Waals surface area contributed by atoms with Gasteiger partial charge < -0.3 is 0 Å². The highest BCUT2D eigenvalue weighted by Crippen LogP contribution is 2.19. The van der Waals surface area contributed by atoms with E-state index in [-0.39, 0.29) is 16.3 Å². The molecular weight excluding hydrogens is 239 g/mol. The zero-order valence-electron chi connectivity index (χ0n) is 8.25. The molecule has 0 aliphatic rings. The third-order valence-electron chi connectivity index (χ3n) is 1.45. The van der Waals surface area contributed by atoms with E-state index in [0.29, 0.717) is 5.56 Å². The average Bonchev–Trinajstić information content (AvgIpc) is 2.18. The van der Waals surface area contributed by atoms with E-state index in [1.165, 1.54) is 12.3 Å². The van der Waals surface area contributed by atoms with Crippen molar-refractivity contribution in [2.45, 2.75) is 20.0 Å². The first kappa shape index (κ1) is 12.2. The Bertz CT molecular complexity index is 369. The van der Waals surface area contributed by atoms with Crippen LogP contribution in [0.4, 0.5) is 0 Å². The van der Waals surface area contributed by atoms with Gasteiger partial charge in [0.25, 0.3) is 5.91 Å². The largest absolute Gasteiger partial charge is 0.276 e. The maximum absolute atomic E-state index is 11.4. The minimum Gasteiger partial charge on any atom is -0.271 e. The quantitative estimate of drug-likeness (QED) is 0.661. The van der Waals surface area contributed by atoms with Gasteiger partial charge in [0.05, 0.1) is 16.7 Å². The highest BCUT2D eigenvalue weighted by molar-refractivity contribution is 6.41. The van der Waals surface area contributed by atoms with Gasteiger partial charge in [0, 0.05) is 6.20 Å². The van der Waals surface area contributed by atoms with Crippen molar-refractivity contribution in [2.24, 2.45) is 0 Å². The van der Waals surface area contributed by atoms with Gasteiger partial charge in [0.15, 0.2) is 0 Å². The molecule has 0 fully saturated rings. The second kappa shape index (κ2) is 5.30. The van der Waals surface area contributed by atoms with Crippen LogP contribution in [-0.2, 0) is 4.84 Å². The molecule has 0 saturated carbocycles. The van der Waals surface area contributed by atoms with Gasteiger partial charge in [-0.1, -0.05) is 23.2 Å². The van der Waals surface area contributed by atoms with E-state index in [9.17, 15) is 4.79 Å². The molecule has 0 bridgehead atoms. The molecular formula is C9H10Cl2N2O2. The Kier molecular flexibility index (Phi) is 4.32. The number of halogens is 2. The van der Waals surface area contributed by atoms with Crippen molar-refractivity contribution in [3.8, 4) is 0 Å². The fourth-order valence-corrected chi connectivity index (χ4v) is 1.05. The summed E-state index contributed by atoms with van der Waals surface area (Å²) >= 11 is 11.3. The third-order valence-corrected chi connectivity index (χ3v) is 2.13. The van der Waals surface area contributed by atoms with Crippen LogP contribution in [-0.4, -0.2) is 17.0 Å². The van der Waals surface area contributed by atoms with Crippen molar-refractivity contribution in [3.05, 3.63) is 28.0 Å². The normalized spacial score (nSPS) is 10.5. The summed E-state index contributed by atoms with van der Waals surface area (Å²) in [5, 5.41) is 0.395. The first-order chi connectivity index (χ1) is 7.00. The lowest BCUT2D eigenvalue weighted by atomic mass is 10.3.